The third-order valence-corrected chi connectivity index (χ3v) is 5.46. The summed E-state index contributed by atoms with van der Waals surface area (Å²) in [6, 6.07) is 10.9. The number of rotatable bonds is 7. The molecular weight excluding hydrogens is 409 g/mol. The first-order chi connectivity index (χ1) is 14.1. The Morgan fingerprint density at radius 3 is 2.50 bits per heavy atom. The first kappa shape index (κ1) is 21.5. The van der Waals surface area contributed by atoms with Crippen molar-refractivity contribution in [3.8, 4) is 11.3 Å². The molecule has 1 aromatic heterocycles. The Morgan fingerprint density at radius 1 is 1.07 bits per heavy atom. The average molecular weight is 431 g/mol. The van der Waals surface area contributed by atoms with Crippen LogP contribution in [0.4, 0.5) is 21.8 Å². The van der Waals surface area contributed by atoms with Gasteiger partial charge < -0.3 is 16.4 Å². The van der Waals surface area contributed by atoms with Crippen LogP contribution in [0.25, 0.3) is 11.3 Å². The summed E-state index contributed by atoms with van der Waals surface area (Å²) in [7, 11) is -4.45. The highest BCUT2D eigenvalue weighted by atomic mass is 32.2. The minimum absolute atomic E-state index is 0.113. The van der Waals surface area contributed by atoms with Gasteiger partial charge >= 0.3 is 0 Å². The molecule has 0 aliphatic heterocycles. The number of aryl methyl sites for hydroxylation is 1. The van der Waals surface area contributed by atoms with E-state index in [0.717, 1.165) is 28.8 Å². The number of benzene rings is 2. The first-order valence-electron chi connectivity index (χ1n) is 9.11. The van der Waals surface area contributed by atoms with Gasteiger partial charge in [-0.1, -0.05) is 18.2 Å². The standard InChI is InChI=1S/C20H22FN5O3S/c1-12-4-3-5-15(13(12)2)18-11-19(26-20(22)25-18)24-9-8-23-17-7-6-14(10-16(17)21)30(27,28)29/h3-7,10-11,23H,8-9H2,1-2H3,(H,27,28,29)(H3,22,24,25,26). The molecule has 2 aromatic carbocycles. The largest absolute Gasteiger partial charge is 0.381 e. The highest BCUT2D eigenvalue weighted by Gasteiger charge is 2.13. The number of nitrogens with zero attached hydrogens (tertiary/aromatic N) is 2. The maximum absolute atomic E-state index is 14.0. The Morgan fingerprint density at radius 2 is 1.80 bits per heavy atom. The van der Waals surface area contributed by atoms with E-state index >= 15 is 0 Å². The van der Waals surface area contributed by atoms with E-state index < -0.39 is 20.8 Å². The molecular formula is C20H22FN5O3S. The van der Waals surface area contributed by atoms with Crippen LogP contribution in [0.5, 0.6) is 0 Å². The van der Waals surface area contributed by atoms with Crippen molar-refractivity contribution in [2.75, 3.05) is 29.5 Å². The number of hydrogen-bond acceptors (Lipinski definition) is 7. The number of aromatic nitrogens is 2. The van der Waals surface area contributed by atoms with Crippen LogP contribution in [0.2, 0.25) is 0 Å². The second kappa shape index (κ2) is 8.64. The fourth-order valence-electron chi connectivity index (χ4n) is 2.91. The topological polar surface area (TPSA) is 130 Å². The third-order valence-electron chi connectivity index (χ3n) is 4.61. The van der Waals surface area contributed by atoms with Crippen molar-refractivity contribution in [3.05, 3.63) is 59.4 Å². The van der Waals surface area contributed by atoms with Crippen LogP contribution in [0.1, 0.15) is 11.1 Å². The molecule has 5 N–H and O–H groups in total. The molecule has 0 saturated carbocycles. The molecule has 0 radical (unpaired) electrons. The molecule has 0 saturated heterocycles. The number of nitrogens with two attached hydrogens (primary N) is 1. The van der Waals surface area contributed by atoms with E-state index in [-0.39, 0.29) is 11.6 Å². The molecule has 30 heavy (non-hydrogen) atoms. The van der Waals surface area contributed by atoms with Crippen LogP contribution < -0.4 is 16.4 Å². The number of nitrogen functional groups attached to an aromatic ring is 1. The molecule has 0 fully saturated rings. The Hall–Kier alpha value is -3.24. The fraction of sp³-hybridized carbons (Fsp3) is 0.200. The summed E-state index contributed by atoms with van der Waals surface area (Å²) < 4.78 is 45.0. The van der Waals surface area contributed by atoms with E-state index in [9.17, 15) is 12.8 Å². The third kappa shape index (κ3) is 5.02. The van der Waals surface area contributed by atoms with Gasteiger partial charge in [0.2, 0.25) is 5.95 Å². The van der Waals surface area contributed by atoms with Gasteiger partial charge in [0.05, 0.1) is 16.3 Å². The normalized spacial score (nSPS) is 11.3. The number of halogens is 1. The zero-order valence-corrected chi connectivity index (χ0v) is 17.3. The summed E-state index contributed by atoms with van der Waals surface area (Å²) in [5.41, 5.74) is 9.88. The van der Waals surface area contributed by atoms with Gasteiger partial charge in [0, 0.05) is 24.7 Å². The van der Waals surface area contributed by atoms with E-state index in [4.69, 9.17) is 10.3 Å². The van der Waals surface area contributed by atoms with Gasteiger partial charge in [0.15, 0.2) is 0 Å². The Bertz CT molecular complexity index is 1190. The van der Waals surface area contributed by atoms with Crippen LogP contribution >= 0.6 is 0 Å². The van der Waals surface area contributed by atoms with Crippen LogP contribution in [0.15, 0.2) is 47.4 Å². The molecule has 3 rings (SSSR count). The highest BCUT2D eigenvalue weighted by molar-refractivity contribution is 7.85. The van der Waals surface area contributed by atoms with E-state index in [1.165, 1.54) is 6.07 Å². The lowest BCUT2D eigenvalue weighted by Crippen LogP contribution is -2.16. The van der Waals surface area contributed by atoms with Crippen LogP contribution in [0.3, 0.4) is 0 Å². The van der Waals surface area contributed by atoms with E-state index in [0.29, 0.717) is 24.6 Å². The Labute approximate surface area is 174 Å². The van der Waals surface area contributed by atoms with Crippen molar-refractivity contribution in [2.24, 2.45) is 0 Å². The van der Waals surface area contributed by atoms with Gasteiger partial charge in [0.1, 0.15) is 11.6 Å². The average Bonchev–Trinajstić information content (AvgIpc) is 2.67. The molecule has 8 nitrogen and oxygen atoms in total. The molecule has 0 unspecified atom stereocenters. The lowest BCUT2D eigenvalue weighted by atomic mass is 10.0. The molecule has 3 aromatic rings. The van der Waals surface area contributed by atoms with E-state index in [1.54, 1.807) is 6.07 Å². The second-order valence-corrected chi connectivity index (χ2v) is 8.14. The smallest absolute Gasteiger partial charge is 0.294 e. The van der Waals surface area contributed by atoms with Gasteiger partial charge in [-0.05, 0) is 43.2 Å². The highest BCUT2D eigenvalue weighted by Crippen LogP contribution is 2.26. The minimum atomic E-state index is -4.45. The van der Waals surface area contributed by atoms with Crippen LogP contribution in [-0.2, 0) is 10.1 Å². The van der Waals surface area contributed by atoms with Crippen molar-refractivity contribution in [2.45, 2.75) is 18.7 Å². The lowest BCUT2D eigenvalue weighted by molar-refractivity contribution is 0.482. The second-order valence-electron chi connectivity index (χ2n) is 6.71. The van der Waals surface area contributed by atoms with E-state index in [1.807, 2.05) is 32.0 Å². The predicted octanol–water partition coefficient (Wildman–Crippen LogP) is 3.25. The van der Waals surface area contributed by atoms with Gasteiger partial charge in [0.25, 0.3) is 10.1 Å². The molecule has 1 heterocycles. The maximum atomic E-state index is 14.0. The summed E-state index contributed by atoms with van der Waals surface area (Å²) in [4.78, 5) is 7.98. The number of hydrogen-bond donors (Lipinski definition) is 4. The van der Waals surface area contributed by atoms with Crippen LogP contribution in [-0.4, -0.2) is 36.0 Å². The quantitative estimate of drug-likeness (QED) is 0.331. The lowest BCUT2D eigenvalue weighted by Gasteiger charge is -2.12. The van der Waals surface area contributed by atoms with Gasteiger partial charge in [-0.15, -0.1) is 0 Å². The van der Waals surface area contributed by atoms with Crippen molar-refractivity contribution < 1.29 is 17.4 Å². The molecule has 0 atom stereocenters. The summed E-state index contributed by atoms with van der Waals surface area (Å²) in [6.45, 7) is 4.75. The van der Waals surface area contributed by atoms with Crippen LogP contribution in [0, 0.1) is 19.7 Å². The van der Waals surface area contributed by atoms with Crippen molar-refractivity contribution in [1.29, 1.82) is 0 Å². The summed E-state index contributed by atoms with van der Waals surface area (Å²) in [6.07, 6.45) is 0. The summed E-state index contributed by atoms with van der Waals surface area (Å²) in [5, 5.41) is 5.95. The Balaban J connectivity index is 1.66. The number of nitrogens with one attached hydrogen (secondary N) is 2. The number of anilines is 3. The van der Waals surface area contributed by atoms with E-state index in [2.05, 4.69) is 20.6 Å². The monoisotopic (exact) mass is 431 g/mol. The molecule has 0 aliphatic rings. The Kier molecular flexibility index (Phi) is 6.18. The zero-order chi connectivity index (χ0) is 21.9. The first-order valence-corrected chi connectivity index (χ1v) is 10.5. The molecule has 0 amide bonds. The summed E-state index contributed by atoms with van der Waals surface area (Å²) >= 11 is 0. The minimum Gasteiger partial charge on any atom is -0.381 e. The maximum Gasteiger partial charge on any atom is 0.294 e. The molecule has 158 valence electrons. The zero-order valence-electron chi connectivity index (χ0n) is 16.5. The fourth-order valence-corrected chi connectivity index (χ4v) is 3.40. The van der Waals surface area contributed by atoms with Gasteiger partial charge in [-0.3, -0.25) is 4.55 Å². The SMILES string of the molecule is Cc1cccc(-c2cc(NCCNc3ccc(S(=O)(=O)O)cc3F)nc(N)n2)c1C. The van der Waals surface area contributed by atoms with Gasteiger partial charge in [-0.25, -0.2) is 9.37 Å². The summed E-state index contributed by atoms with van der Waals surface area (Å²) in [5.74, 6) is -0.119. The molecule has 0 bridgehead atoms. The van der Waals surface area contributed by atoms with Crippen molar-refractivity contribution in [1.82, 2.24) is 9.97 Å². The van der Waals surface area contributed by atoms with Gasteiger partial charge in [-0.2, -0.15) is 13.4 Å². The predicted molar refractivity (Wildman–Crippen MR) is 115 cm³/mol. The molecule has 0 aliphatic carbocycles. The van der Waals surface area contributed by atoms with Crippen molar-refractivity contribution >= 4 is 27.6 Å². The molecule has 10 heteroatoms. The molecule has 0 spiro atoms. The van der Waals surface area contributed by atoms with Crippen molar-refractivity contribution in [3.63, 3.8) is 0 Å².